The second kappa shape index (κ2) is 4.46. The highest BCUT2D eigenvalue weighted by molar-refractivity contribution is 9.10. The molecule has 13 heavy (non-hydrogen) atoms. The number of halogens is 1. The minimum absolute atomic E-state index is 0.204. The van der Waals surface area contributed by atoms with Crippen LogP contribution in [0.4, 0.5) is 0 Å². The zero-order chi connectivity index (χ0) is 9.90. The Bertz CT molecular complexity index is 207. The fraction of sp³-hybridized carbons (Fsp3) is 0.909. The van der Waals surface area contributed by atoms with Crippen LogP contribution in [0.1, 0.15) is 46.0 Å². The van der Waals surface area contributed by atoms with E-state index in [4.69, 9.17) is 5.26 Å². The first-order chi connectivity index (χ1) is 6.06. The van der Waals surface area contributed by atoms with Crippen LogP contribution in [0.5, 0.6) is 0 Å². The minimum Gasteiger partial charge on any atom is -0.197 e. The average Bonchev–Trinajstić information content (AvgIpc) is 2.03. The number of alkyl halides is 1. The van der Waals surface area contributed by atoms with Crippen LogP contribution < -0.4 is 0 Å². The molecule has 1 fully saturated rings. The molecule has 1 nitrogen and oxygen atoms in total. The van der Waals surface area contributed by atoms with Gasteiger partial charge in [-0.3, -0.25) is 0 Å². The molecule has 0 aliphatic heterocycles. The van der Waals surface area contributed by atoms with Crippen molar-refractivity contribution in [1.82, 2.24) is 0 Å². The number of nitriles is 1. The van der Waals surface area contributed by atoms with Crippen molar-refractivity contribution in [2.45, 2.75) is 50.3 Å². The molecular formula is C11H18BrN. The van der Waals surface area contributed by atoms with Gasteiger partial charge in [-0.1, -0.05) is 42.6 Å². The van der Waals surface area contributed by atoms with E-state index in [0.717, 1.165) is 24.7 Å². The van der Waals surface area contributed by atoms with Crippen molar-refractivity contribution in [3.8, 4) is 6.07 Å². The van der Waals surface area contributed by atoms with Gasteiger partial charge in [0.15, 0.2) is 0 Å². The predicted octanol–water partition coefficient (Wildman–Crippen LogP) is 3.88. The van der Waals surface area contributed by atoms with Crippen molar-refractivity contribution in [1.29, 1.82) is 5.26 Å². The van der Waals surface area contributed by atoms with E-state index in [1.54, 1.807) is 0 Å². The van der Waals surface area contributed by atoms with E-state index in [1.807, 2.05) is 0 Å². The highest BCUT2D eigenvalue weighted by atomic mass is 79.9. The zero-order valence-electron chi connectivity index (χ0n) is 8.52. The molecule has 0 radical (unpaired) electrons. The average molecular weight is 244 g/mol. The fourth-order valence-electron chi connectivity index (χ4n) is 2.30. The lowest BCUT2D eigenvalue weighted by Gasteiger charge is -2.32. The monoisotopic (exact) mass is 243 g/mol. The number of nitrogens with zero attached hydrogens (tertiary/aromatic N) is 1. The van der Waals surface area contributed by atoms with Crippen LogP contribution in [0.25, 0.3) is 0 Å². The molecule has 1 aliphatic rings. The summed E-state index contributed by atoms with van der Waals surface area (Å²) in [4.78, 5) is 0. The molecule has 74 valence electrons. The van der Waals surface area contributed by atoms with Crippen molar-refractivity contribution in [3.63, 3.8) is 0 Å². The van der Waals surface area contributed by atoms with E-state index in [2.05, 4.69) is 35.8 Å². The normalized spacial score (nSPS) is 34.5. The second-order valence-electron chi connectivity index (χ2n) is 4.67. The van der Waals surface area contributed by atoms with Gasteiger partial charge in [-0.15, -0.1) is 0 Å². The van der Waals surface area contributed by atoms with Gasteiger partial charge in [0.1, 0.15) is 4.32 Å². The number of hydrogen-bond acceptors (Lipinski definition) is 1. The molecule has 2 heteroatoms. The van der Waals surface area contributed by atoms with Crippen molar-refractivity contribution < 1.29 is 0 Å². The Morgan fingerprint density at radius 2 is 2.31 bits per heavy atom. The Kier molecular flexibility index (Phi) is 3.79. The topological polar surface area (TPSA) is 23.8 Å². The maximum absolute atomic E-state index is 9.01. The first-order valence-corrected chi connectivity index (χ1v) is 5.95. The summed E-state index contributed by atoms with van der Waals surface area (Å²) in [6, 6.07) is 2.40. The van der Waals surface area contributed by atoms with E-state index in [9.17, 15) is 0 Å². The summed E-state index contributed by atoms with van der Waals surface area (Å²) in [5.74, 6) is 1.52. The van der Waals surface area contributed by atoms with Gasteiger partial charge in [0, 0.05) is 0 Å². The fourth-order valence-corrected chi connectivity index (χ4v) is 3.04. The zero-order valence-corrected chi connectivity index (χ0v) is 10.1. The third-order valence-electron chi connectivity index (χ3n) is 2.80. The summed E-state index contributed by atoms with van der Waals surface area (Å²) in [6.07, 6.45) is 5.86. The first kappa shape index (κ1) is 11.0. The lowest BCUT2D eigenvalue weighted by Crippen LogP contribution is -2.28. The molecule has 0 amide bonds. The van der Waals surface area contributed by atoms with E-state index >= 15 is 0 Å². The van der Waals surface area contributed by atoms with Crippen LogP contribution in [0.15, 0.2) is 0 Å². The van der Waals surface area contributed by atoms with E-state index < -0.39 is 0 Å². The van der Waals surface area contributed by atoms with Crippen molar-refractivity contribution in [2.75, 3.05) is 0 Å². The van der Waals surface area contributed by atoms with E-state index in [-0.39, 0.29) is 4.32 Å². The van der Waals surface area contributed by atoms with Gasteiger partial charge in [-0.25, -0.2) is 0 Å². The van der Waals surface area contributed by atoms with Crippen molar-refractivity contribution in [2.24, 2.45) is 11.8 Å². The molecule has 0 aromatic carbocycles. The van der Waals surface area contributed by atoms with Gasteiger partial charge >= 0.3 is 0 Å². The molecule has 0 spiro atoms. The summed E-state index contributed by atoms with van der Waals surface area (Å²) in [7, 11) is 0. The Morgan fingerprint density at radius 3 is 2.85 bits per heavy atom. The SMILES string of the molecule is CC(C)CC1CCCC(Br)(C#N)C1. The first-order valence-electron chi connectivity index (χ1n) is 5.16. The van der Waals surface area contributed by atoms with Crippen molar-refractivity contribution in [3.05, 3.63) is 0 Å². The molecule has 1 saturated carbocycles. The molecule has 1 rings (SSSR count). The molecule has 0 aromatic heterocycles. The molecule has 0 saturated heterocycles. The Balaban J connectivity index is 2.48. The molecular weight excluding hydrogens is 226 g/mol. The molecule has 2 atom stereocenters. The molecule has 0 N–H and O–H groups in total. The minimum atomic E-state index is -0.204. The maximum Gasteiger partial charge on any atom is 0.112 e. The third-order valence-corrected chi connectivity index (χ3v) is 3.70. The molecule has 0 heterocycles. The highest BCUT2D eigenvalue weighted by Crippen LogP contribution is 2.40. The maximum atomic E-state index is 9.01. The van der Waals surface area contributed by atoms with Crippen LogP contribution in [0, 0.1) is 23.2 Å². The predicted molar refractivity (Wildman–Crippen MR) is 58.7 cm³/mol. The Labute approximate surface area is 89.6 Å². The van der Waals surface area contributed by atoms with Gasteiger partial charge in [-0.2, -0.15) is 5.26 Å². The van der Waals surface area contributed by atoms with Crippen molar-refractivity contribution >= 4 is 15.9 Å². The molecule has 0 aromatic rings. The van der Waals surface area contributed by atoms with Gasteiger partial charge in [0.25, 0.3) is 0 Å². The summed E-state index contributed by atoms with van der Waals surface area (Å²) >= 11 is 3.56. The van der Waals surface area contributed by atoms with Gasteiger partial charge in [-0.05, 0) is 31.1 Å². The van der Waals surface area contributed by atoms with Gasteiger partial charge in [0.2, 0.25) is 0 Å². The molecule has 1 aliphatic carbocycles. The van der Waals surface area contributed by atoms with Crippen LogP contribution in [-0.4, -0.2) is 4.32 Å². The number of hydrogen-bond donors (Lipinski definition) is 0. The molecule has 0 bridgehead atoms. The quantitative estimate of drug-likeness (QED) is 0.676. The second-order valence-corrected chi connectivity index (χ2v) is 6.19. The Hall–Kier alpha value is -0.0300. The van der Waals surface area contributed by atoms with Gasteiger partial charge in [0.05, 0.1) is 6.07 Å². The summed E-state index contributed by atoms with van der Waals surface area (Å²) in [5.41, 5.74) is 0. The smallest absolute Gasteiger partial charge is 0.112 e. The lowest BCUT2D eigenvalue weighted by atomic mass is 9.78. The van der Waals surface area contributed by atoms with E-state index in [0.29, 0.717) is 0 Å². The molecule has 2 unspecified atom stereocenters. The van der Waals surface area contributed by atoms with Gasteiger partial charge < -0.3 is 0 Å². The van der Waals surface area contributed by atoms with E-state index in [1.165, 1.54) is 19.3 Å². The van der Waals surface area contributed by atoms with Crippen LogP contribution in [-0.2, 0) is 0 Å². The summed E-state index contributed by atoms with van der Waals surface area (Å²) < 4.78 is -0.204. The van der Waals surface area contributed by atoms with Crippen LogP contribution in [0.2, 0.25) is 0 Å². The summed E-state index contributed by atoms with van der Waals surface area (Å²) in [5, 5.41) is 9.01. The van der Waals surface area contributed by atoms with Crippen LogP contribution >= 0.6 is 15.9 Å². The van der Waals surface area contributed by atoms with Crippen LogP contribution in [0.3, 0.4) is 0 Å². The number of rotatable bonds is 2. The lowest BCUT2D eigenvalue weighted by molar-refractivity contribution is 0.289. The summed E-state index contributed by atoms with van der Waals surface area (Å²) in [6.45, 7) is 4.52. The highest BCUT2D eigenvalue weighted by Gasteiger charge is 2.33. The largest absolute Gasteiger partial charge is 0.197 e. The Morgan fingerprint density at radius 1 is 1.62 bits per heavy atom. The standard InChI is InChI=1S/C11H18BrN/c1-9(2)6-10-4-3-5-11(12,7-10)8-13/h9-10H,3-7H2,1-2H3. The third kappa shape index (κ3) is 3.31.